The number of hydrogen-bond acceptors (Lipinski definition) is 2. The summed E-state index contributed by atoms with van der Waals surface area (Å²) in [6.45, 7) is 0. The normalized spacial score (nSPS) is 11.3. The summed E-state index contributed by atoms with van der Waals surface area (Å²) in [5.41, 5.74) is 8.78. The Morgan fingerprint density at radius 1 is 0.353 bits per heavy atom. The van der Waals surface area contributed by atoms with Crippen LogP contribution in [0.4, 0.5) is 0 Å². The van der Waals surface area contributed by atoms with Crippen molar-refractivity contribution in [3.05, 3.63) is 144 Å². The lowest BCUT2D eigenvalue weighted by atomic mass is 10.0. The first kappa shape index (κ1) is 21.3. The van der Waals surface area contributed by atoms with E-state index in [2.05, 4.69) is 119 Å². The quantitative estimate of drug-likeness (QED) is 0.268. The van der Waals surface area contributed by atoms with Crippen LogP contribution in [-0.2, 0) is 0 Å². The van der Waals surface area contributed by atoms with E-state index in [1.54, 1.807) is 12.4 Å². The average Bonchev–Trinajstić information content (AvgIpc) is 2.93. The summed E-state index contributed by atoms with van der Waals surface area (Å²) >= 11 is 0. The minimum absolute atomic E-state index is 0.840. The van der Waals surface area contributed by atoms with E-state index < -0.39 is 0 Å². The first-order chi connectivity index (χ1) is 16.8. The van der Waals surface area contributed by atoms with Crippen molar-refractivity contribution in [2.75, 3.05) is 0 Å². The summed E-state index contributed by atoms with van der Waals surface area (Å²) in [6.07, 6.45) is 11.6. The van der Waals surface area contributed by atoms with Crippen molar-refractivity contribution in [1.82, 2.24) is 9.97 Å². The van der Waals surface area contributed by atoms with Crippen LogP contribution in [0.15, 0.2) is 122 Å². The molecule has 5 rings (SSSR count). The third-order valence-corrected chi connectivity index (χ3v) is 5.66. The second-order valence-electron chi connectivity index (χ2n) is 7.97. The Morgan fingerprint density at radius 3 is 1.09 bits per heavy atom. The van der Waals surface area contributed by atoms with Crippen LogP contribution in [0, 0.1) is 0 Å². The number of benzene rings is 4. The van der Waals surface area contributed by atoms with Crippen LogP contribution in [-0.4, -0.2) is 9.97 Å². The van der Waals surface area contributed by atoms with Gasteiger partial charge in [-0.25, -0.2) is 0 Å². The fourth-order valence-corrected chi connectivity index (χ4v) is 3.80. The van der Waals surface area contributed by atoms with E-state index >= 15 is 0 Å². The van der Waals surface area contributed by atoms with Crippen molar-refractivity contribution in [3.63, 3.8) is 0 Å². The Labute approximate surface area is 200 Å². The predicted octanol–water partition coefficient (Wildman–Crippen LogP) is 8.15. The van der Waals surface area contributed by atoms with Crippen LogP contribution in [0.1, 0.15) is 22.5 Å². The molecular weight excluding hydrogens is 412 g/mol. The molecule has 0 radical (unpaired) electrons. The summed E-state index contributed by atoms with van der Waals surface area (Å²) in [4.78, 5) is 9.05. The molecule has 0 amide bonds. The van der Waals surface area contributed by atoms with E-state index in [-0.39, 0.29) is 0 Å². The average molecular weight is 437 g/mol. The maximum absolute atomic E-state index is 4.52. The molecular formula is C32H24N2. The molecule has 0 saturated carbocycles. The lowest BCUT2D eigenvalue weighted by Gasteiger charge is -2.03. The Morgan fingerprint density at radius 2 is 0.706 bits per heavy atom. The zero-order valence-electron chi connectivity index (χ0n) is 18.8. The Balaban J connectivity index is 1.31. The van der Waals surface area contributed by atoms with Gasteiger partial charge in [-0.15, -0.1) is 0 Å². The third kappa shape index (κ3) is 5.25. The van der Waals surface area contributed by atoms with Crippen molar-refractivity contribution < 1.29 is 0 Å². The topological polar surface area (TPSA) is 25.8 Å². The number of nitrogens with zero attached hydrogens (tertiary/aromatic N) is 2. The minimum Gasteiger partial charge on any atom is -0.253 e. The van der Waals surface area contributed by atoms with Gasteiger partial charge in [-0.2, -0.15) is 0 Å². The molecule has 0 aliphatic heterocycles. The van der Waals surface area contributed by atoms with E-state index in [4.69, 9.17) is 0 Å². The van der Waals surface area contributed by atoms with Crippen molar-refractivity contribution in [1.29, 1.82) is 0 Å². The van der Waals surface area contributed by atoms with E-state index in [0.29, 0.717) is 0 Å². The van der Waals surface area contributed by atoms with E-state index in [0.717, 1.165) is 22.5 Å². The van der Waals surface area contributed by atoms with Gasteiger partial charge in [-0.1, -0.05) is 121 Å². The van der Waals surface area contributed by atoms with E-state index in [9.17, 15) is 0 Å². The van der Waals surface area contributed by atoms with Gasteiger partial charge in [0.05, 0.1) is 11.4 Å². The molecule has 1 heterocycles. The van der Waals surface area contributed by atoms with Crippen LogP contribution in [0.5, 0.6) is 0 Å². The molecule has 0 fully saturated rings. The summed E-state index contributed by atoms with van der Waals surface area (Å²) in [7, 11) is 0. The molecule has 4 aromatic carbocycles. The molecule has 0 N–H and O–H groups in total. The maximum atomic E-state index is 4.52. The van der Waals surface area contributed by atoms with Crippen LogP contribution in [0.25, 0.3) is 46.6 Å². The van der Waals surface area contributed by atoms with Gasteiger partial charge < -0.3 is 0 Å². The van der Waals surface area contributed by atoms with Crippen LogP contribution < -0.4 is 0 Å². The van der Waals surface area contributed by atoms with Crippen LogP contribution in [0.3, 0.4) is 0 Å². The zero-order chi connectivity index (χ0) is 23.0. The highest BCUT2D eigenvalue weighted by atomic mass is 14.8. The molecule has 2 nitrogen and oxygen atoms in total. The number of rotatable bonds is 6. The van der Waals surface area contributed by atoms with Gasteiger partial charge in [-0.3, -0.25) is 9.97 Å². The lowest BCUT2D eigenvalue weighted by Crippen LogP contribution is -1.89. The summed E-state index contributed by atoms with van der Waals surface area (Å²) in [5, 5.41) is 0. The molecule has 0 aliphatic rings. The van der Waals surface area contributed by atoms with Crippen molar-refractivity contribution in [2.24, 2.45) is 0 Å². The van der Waals surface area contributed by atoms with Gasteiger partial charge in [-0.05, 0) is 45.5 Å². The van der Waals surface area contributed by atoms with Crippen molar-refractivity contribution in [2.45, 2.75) is 0 Å². The molecule has 0 unspecified atom stereocenters. The molecule has 162 valence electrons. The smallest absolute Gasteiger partial charge is 0.0886 e. The number of hydrogen-bond donors (Lipinski definition) is 0. The highest BCUT2D eigenvalue weighted by molar-refractivity contribution is 5.77. The first-order valence-corrected chi connectivity index (χ1v) is 11.3. The van der Waals surface area contributed by atoms with E-state index in [1.165, 1.54) is 22.3 Å². The van der Waals surface area contributed by atoms with Gasteiger partial charge in [0.2, 0.25) is 0 Å². The lowest BCUT2D eigenvalue weighted by molar-refractivity contribution is 1.16. The summed E-state index contributed by atoms with van der Waals surface area (Å²) in [5.74, 6) is 0. The summed E-state index contributed by atoms with van der Waals surface area (Å²) in [6, 6.07) is 37.9. The molecule has 0 saturated heterocycles. The number of aromatic nitrogens is 2. The second kappa shape index (κ2) is 10.4. The molecule has 5 aromatic rings. The highest BCUT2D eigenvalue weighted by Gasteiger charge is 2.00. The molecule has 34 heavy (non-hydrogen) atoms. The Kier molecular flexibility index (Phi) is 6.50. The molecule has 0 aliphatic carbocycles. The molecule has 2 heteroatoms. The van der Waals surface area contributed by atoms with Crippen LogP contribution in [0.2, 0.25) is 0 Å². The van der Waals surface area contributed by atoms with E-state index in [1.807, 2.05) is 24.3 Å². The second-order valence-corrected chi connectivity index (χ2v) is 7.97. The standard InChI is InChI=1S/C32H24N2/c1-3-7-27(8-4-1)29-17-11-25(12-18-29)15-21-31-32(34-24-23-33-31)22-16-26-13-19-30(20-14-26)28-9-5-2-6-10-28/h1-24H. The fourth-order valence-electron chi connectivity index (χ4n) is 3.80. The molecule has 0 atom stereocenters. The van der Waals surface area contributed by atoms with Gasteiger partial charge in [0.1, 0.15) is 0 Å². The predicted molar refractivity (Wildman–Crippen MR) is 144 cm³/mol. The van der Waals surface area contributed by atoms with Crippen molar-refractivity contribution >= 4 is 24.3 Å². The molecule has 1 aromatic heterocycles. The first-order valence-electron chi connectivity index (χ1n) is 11.3. The minimum atomic E-state index is 0.840. The fraction of sp³-hybridized carbons (Fsp3) is 0. The highest BCUT2D eigenvalue weighted by Crippen LogP contribution is 2.22. The van der Waals surface area contributed by atoms with Crippen LogP contribution >= 0.6 is 0 Å². The third-order valence-electron chi connectivity index (χ3n) is 5.66. The van der Waals surface area contributed by atoms with Crippen molar-refractivity contribution in [3.8, 4) is 22.3 Å². The Bertz CT molecular complexity index is 1290. The Hall–Kier alpha value is -4.56. The largest absolute Gasteiger partial charge is 0.253 e. The van der Waals surface area contributed by atoms with Gasteiger partial charge in [0.15, 0.2) is 0 Å². The summed E-state index contributed by atoms with van der Waals surface area (Å²) < 4.78 is 0. The van der Waals surface area contributed by atoms with Gasteiger partial charge in [0, 0.05) is 12.4 Å². The van der Waals surface area contributed by atoms with Gasteiger partial charge >= 0.3 is 0 Å². The van der Waals surface area contributed by atoms with Gasteiger partial charge in [0.25, 0.3) is 0 Å². The monoisotopic (exact) mass is 436 g/mol. The maximum Gasteiger partial charge on any atom is 0.0886 e. The zero-order valence-corrected chi connectivity index (χ0v) is 18.8. The SMILES string of the molecule is C(=Cc1nccnc1C=Cc1ccc(-c2ccccc2)cc1)c1ccc(-c2ccccc2)cc1. The molecule has 0 spiro atoms. The molecule has 0 bridgehead atoms.